The fourth-order valence-electron chi connectivity index (χ4n) is 3.96. The lowest BCUT2D eigenvalue weighted by molar-refractivity contribution is 0.124. The fourth-order valence-corrected chi connectivity index (χ4v) is 4.59. The molecule has 0 unspecified atom stereocenters. The van der Waals surface area contributed by atoms with Crippen LogP contribution in [0.3, 0.4) is 0 Å². The lowest BCUT2D eigenvalue weighted by atomic mass is 9.96. The SMILES string of the molecule is CC1(CN2CCC(COc3ccc(-c4ccc(S(C)(=O)=O)cc4)cn3)CC2)CC1. The largest absolute Gasteiger partial charge is 0.477 e. The summed E-state index contributed by atoms with van der Waals surface area (Å²) in [7, 11) is -3.17. The zero-order valence-corrected chi connectivity index (χ0v) is 18.1. The molecule has 0 atom stereocenters. The van der Waals surface area contributed by atoms with Crippen LogP contribution in [0.4, 0.5) is 0 Å². The molecule has 0 spiro atoms. The molecule has 29 heavy (non-hydrogen) atoms. The monoisotopic (exact) mass is 414 g/mol. The fraction of sp³-hybridized carbons (Fsp3) is 0.522. The predicted molar refractivity (Wildman–Crippen MR) is 115 cm³/mol. The Hall–Kier alpha value is -1.92. The molecule has 1 saturated heterocycles. The first-order valence-electron chi connectivity index (χ1n) is 10.4. The van der Waals surface area contributed by atoms with Gasteiger partial charge in [-0.3, -0.25) is 0 Å². The van der Waals surface area contributed by atoms with Crippen molar-refractivity contribution in [3.05, 3.63) is 42.6 Å². The summed E-state index contributed by atoms with van der Waals surface area (Å²) in [5.41, 5.74) is 2.48. The molecule has 0 radical (unpaired) electrons. The van der Waals surface area contributed by atoms with Crippen molar-refractivity contribution in [3.63, 3.8) is 0 Å². The van der Waals surface area contributed by atoms with E-state index in [1.54, 1.807) is 18.3 Å². The second-order valence-corrected chi connectivity index (χ2v) is 11.0. The summed E-state index contributed by atoms with van der Waals surface area (Å²) in [6.45, 7) is 6.74. The molecule has 2 fully saturated rings. The van der Waals surface area contributed by atoms with Crippen LogP contribution in [0, 0.1) is 11.3 Å². The lowest BCUT2D eigenvalue weighted by Crippen LogP contribution is -2.38. The molecule has 4 rings (SSSR count). The van der Waals surface area contributed by atoms with Gasteiger partial charge in [0.1, 0.15) is 0 Å². The van der Waals surface area contributed by atoms with Gasteiger partial charge < -0.3 is 9.64 Å². The Kier molecular flexibility index (Phi) is 5.67. The molecule has 0 amide bonds. The van der Waals surface area contributed by atoms with Crippen molar-refractivity contribution in [2.45, 2.75) is 37.5 Å². The predicted octanol–water partition coefficient (Wildman–Crippen LogP) is 4.04. The Bertz CT molecular complexity index is 927. The molecule has 1 saturated carbocycles. The van der Waals surface area contributed by atoms with Gasteiger partial charge in [0.25, 0.3) is 0 Å². The zero-order chi connectivity index (χ0) is 20.5. The molecule has 1 aromatic carbocycles. The third-order valence-corrected chi connectivity index (χ3v) is 7.36. The molecule has 6 heteroatoms. The van der Waals surface area contributed by atoms with E-state index in [0.29, 0.717) is 22.1 Å². The van der Waals surface area contributed by atoms with E-state index in [2.05, 4.69) is 16.8 Å². The van der Waals surface area contributed by atoms with Crippen LogP contribution in [0.15, 0.2) is 47.5 Å². The van der Waals surface area contributed by atoms with Crippen LogP contribution < -0.4 is 4.74 Å². The number of rotatable bonds is 7. The summed E-state index contributed by atoms with van der Waals surface area (Å²) < 4.78 is 29.1. The van der Waals surface area contributed by atoms with Gasteiger partial charge in [0.2, 0.25) is 5.88 Å². The van der Waals surface area contributed by atoms with E-state index in [1.807, 2.05) is 24.3 Å². The van der Waals surface area contributed by atoms with Crippen molar-refractivity contribution < 1.29 is 13.2 Å². The third kappa shape index (κ3) is 5.37. The molecule has 1 aliphatic carbocycles. The summed E-state index contributed by atoms with van der Waals surface area (Å²) in [5.74, 6) is 1.25. The third-order valence-electron chi connectivity index (χ3n) is 6.24. The van der Waals surface area contributed by atoms with Gasteiger partial charge in [-0.15, -0.1) is 0 Å². The van der Waals surface area contributed by atoms with E-state index in [9.17, 15) is 8.42 Å². The minimum Gasteiger partial charge on any atom is -0.477 e. The van der Waals surface area contributed by atoms with Gasteiger partial charge in [-0.2, -0.15) is 0 Å². The van der Waals surface area contributed by atoms with Gasteiger partial charge in [-0.1, -0.05) is 19.1 Å². The summed E-state index contributed by atoms with van der Waals surface area (Å²) in [4.78, 5) is 7.37. The van der Waals surface area contributed by atoms with Gasteiger partial charge in [0.15, 0.2) is 9.84 Å². The van der Waals surface area contributed by atoms with Gasteiger partial charge in [0, 0.05) is 30.6 Å². The van der Waals surface area contributed by atoms with Crippen LogP contribution in [-0.4, -0.2) is 50.8 Å². The van der Waals surface area contributed by atoms with Gasteiger partial charge in [0.05, 0.1) is 11.5 Å². The standard InChI is InChI=1S/C23H30N2O3S/c1-23(11-12-23)17-25-13-9-18(10-14-25)16-28-22-8-5-20(15-24-22)19-3-6-21(7-4-19)29(2,26)27/h3-8,15,18H,9-14,16-17H2,1-2H3. The minimum absolute atomic E-state index is 0.325. The normalized spacial score (nSPS) is 19.8. The molecule has 0 N–H and O–H groups in total. The van der Waals surface area contributed by atoms with Crippen LogP contribution >= 0.6 is 0 Å². The highest BCUT2D eigenvalue weighted by atomic mass is 32.2. The Morgan fingerprint density at radius 2 is 1.72 bits per heavy atom. The first kappa shape index (κ1) is 20.4. The first-order valence-corrected chi connectivity index (χ1v) is 12.3. The van der Waals surface area contributed by atoms with Crippen molar-refractivity contribution >= 4 is 9.84 Å². The Labute approximate surface area is 174 Å². The number of pyridine rings is 1. The Morgan fingerprint density at radius 1 is 1.07 bits per heavy atom. The molecule has 1 aliphatic heterocycles. The van der Waals surface area contributed by atoms with E-state index < -0.39 is 9.84 Å². The number of hydrogen-bond donors (Lipinski definition) is 0. The lowest BCUT2D eigenvalue weighted by Gasteiger charge is -2.33. The molecular formula is C23H30N2O3S. The summed E-state index contributed by atoms with van der Waals surface area (Å²) in [5, 5.41) is 0. The van der Waals surface area contributed by atoms with Crippen molar-refractivity contribution in [1.82, 2.24) is 9.88 Å². The number of aromatic nitrogens is 1. The van der Waals surface area contributed by atoms with E-state index >= 15 is 0 Å². The topological polar surface area (TPSA) is 59.5 Å². The second-order valence-electron chi connectivity index (χ2n) is 9.02. The summed E-state index contributed by atoms with van der Waals surface area (Å²) in [6.07, 6.45) is 8.16. The first-order chi connectivity index (χ1) is 13.8. The number of nitrogens with zero attached hydrogens (tertiary/aromatic N) is 2. The van der Waals surface area contributed by atoms with E-state index in [-0.39, 0.29) is 0 Å². The molecule has 1 aromatic heterocycles. The summed E-state index contributed by atoms with van der Waals surface area (Å²) in [6, 6.07) is 10.7. The van der Waals surface area contributed by atoms with Crippen LogP contribution in [0.25, 0.3) is 11.1 Å². The molecule has 0 bridgehead atoms. The maximum atomic E-state index is 11.6. The van der Waals surface area contributed by atoms with Crippen LogP contribution in [-0.2, 0) is 9.84 Å². The maximum Gasteiger partial charge on any atom is 0.213 e. The van der Waals surface area contributed by atoms with Gasteiger partial charge in [-0.05, 0) is 73.9 Å². The number of likely N-dealkylation sites (tertiary alicyclic amines) is 1. The minimum atomic E-state index is -3.17. The number of ether oxygens (including phenoxy) is 1. The van der Waals surface area contributed by atoms with Gasteiger partial charge >= 0.3 is 0 Å². The molecule has 2 aliphatic rings. The van der Waals surface area contributed by atoms with Crippen molar-refractivity contribution in [2.24, 2.45) is 11.3 Å². The second kappa shape index (κ2) is 8.07. The molecular weight excluding hydrogens is 384 g/mol. The molecule has 2 aromatic rings. The Balaban J connectivity index is 1.26. The van der Waals surface area contributed by atoms with Crippen molar-refractivity contribution in [3.8, 4) is 17.0 Å². The molecule has 156 valence electrons. The average molecular weight is 415 g/mol. The number of sulfone groups is 1. The quantitative estimate of drug-likeness (QED) is 0.684. The van der Waals surface area contributed by atoms with Crippen molar-refractivity contribution in [2.75, 3.05) is 32.5 Å². The van der Waals surface area contributed by atoms with E-state index in [1.165, 1.54) is 51.6 Å². The van der Waals surface area contributed by atoms with E-state index in [0.717, 1.165) is 17.7 Å². The highest BCUT2D eigenvalue weighted by Gasteiger charge is 2.39. The molecule has 2 heterocycles. The Morgan fingerprint density at radius 3 is 2.28 bits per heavy atom. The van der Waals surface area contributed by atoms with Crippen LogP contribution in [0.5, 0.6) is 5.88 Å². The maximum absolute atomic E-state index is 11.6. The smallest absolute Gasteiger partial charge is 0.213 e. The van der Waals surface area contributed by atoms with Crippen LogP contribution in [0.2, 0.25) is 0 Å². The van der Waals surface area contributed by atoms with E-state index in [4.69, 9.17) is 4.74 Å². The average Bonchev–Trinajstić information content (AvgIpc) is 3.44. The highest BCUT2D eigenvalue weighted by Crippen LogP contribution is 2.45. The molecule has 5 nitrogen and oxygen atoms in total. The zero-order valence-electron chi connectivity index (χ0n) is 17.3. The summed E-state index contributed by atoms with van der Waals surface area (Å²) >= 11 is 0. The number of benzene rings is 1. The number of piperidine rings is 1. The highest BCUT2D eigenvalue weighted by molar-refractivity contribution is 7.90. The number of hydrogen-bond acceptors (Lipinski definition) is 5. The van der Waals surface area contributed by atoms with Crippen molar-refractivity contribution in [1.29, 1.82) is 0 Å². The van der Waals surface area contributed by atoms with Gasteiger partial charge in [-0.25, -0.2) is 13.4 Å². The van der Waals surface area contributed by atoms with Crippen LogP contribution in [0.1, 0.15) is 32.6 Å².